The normalized spacial score (nSPS) is 11.5. The van der Waals surface area contributed by atoms with Gasteiger partial charge in [0.25, 0.3) is 0 Å². The SMILES string of the molecule is CC(C)(C)c1nc(Cl)cc(Nc2ccc(Cl)cc2F)n1. The standard InChI is InChI=1S/C14H14Cl2FN3/c1-14(2,3)13-19-11(16)7-12(20-13)18-10-5-4-8(15)6-9(10)17/h4-7H,1-3H3,(H,18,19,20). The zero-order chi connectivity index (χ0) is 14.9. The van der Waals surface area contributed by atoms with E-state index in [1.165, 1.54) is 6.07 Å². The molecule has 3 nitrogen and oxygen atoms in total. The molecule has 0 amide bonds. The van der Waals surface area contributed by atoms with E-state index >= 15 is 0 Å². The molecule has 0 atom stereocenters. The molecule has 0 spiro atoms. The molecule has 0 bridgehead atoms. The van der Waals surface area contributed by atoms with Crippen LogP contribution in [0.5, 0.6) is 0 Å². The van der Waals surface area contributed by atoms with E-state index < -0.39 is 5.82 Å². The third kappa shape index (κ3) is 3.58. The maximum absolute atomic E-state index is 13.7. The highest BCUT2D eigenvalue weighted by Crippen LogP contribution is 2.26. The molecule has 0 saturated carbocycles. The van der Waals surface area contributed by atoms with Gasteiger partial charge >= 0.3 is 0 Å². The van der Waals surface area contributed by atoms with Crippen molar-refractivity contribution in [3.8, 4) is 0 Å². The number of anilines is 2. The topological polar surface area (TPSA) is 37.8 Å². The van der Waals surface area contributed by atoms with E-state index in [2.05, 4.69) is 15.3 Å². The van der Waals surface area contributed by atoms with Crippen molar-refractivity contribution >= 4 is 34.7 Å². The Morgan fingerprint density at radius 1 is 1.10 bits per heavy atom. The van der Waals surface area contributed by atoms with Crippen molar-refractivity contribution in [3.63, 3.8) is 0 Å². The van der Waals surface area contributed by atoms with Crippen LogP contribution < -0.4 is 5.32 Å². The Labute approximate surface area is 127 Å². The lowest BCUT2D eigenvalue weighted by molar-refractivity contribution is 0.546. The predicted octanol–water partition coefficient (Wildman–Crippen LogP) is 4.96. The minimum Gasteiger partial charge on any atom is -0.338 e. The zero-order valence-corrected chi connectivity index (χ0v) is 12.8. The fraction of sp³-hybridized carbons (Fsp3) is 0.286. The van der Waals surface area contributed by atoms with Crippen molar-refractivity contribution in [2.45, 2.75) is 26.2 Å². The minimum atomic E-state index is -0.454. The van der Waals surface area contributed by atoms with Gasteiger partial charge in [0.1, 0.15) is 22.6 Å². The summed E-state index contributed by atoms with van der Waals surface area (Å²) in [6.45, 7) is 5.93. The maximum atomic E-state index is 13.7. The Hall–Kier alpha value is -1.39. The van der Waals surface area contributed by atoms with Crippen LogP contribution in [0.4, 0.5) is 15.9 Å². The Morgan fingerprint density at radius 2 is 1.80 bits per heavy atom. The molecular weight excluding hydrogens is 300 g/mol. The molecule has 0 unspecified atom stereocenters. The number of nitrogens with zero attached hydrogens (tertiary/aromatic N) is 2. The van der Waals surface area contributed by atoms with Crippen LogP contribution in [0.25, 0.3) is 0 Å². The molecule has 0 saturated heterocycles. The third-order valence-electron chi connectivity index (χ3n) is 2.56. The summed E-state index contributed by atoms with van der Waals surface area (Å²) in [6, 6.07) is 5.92. The van der Waals surface area contributed by atoms with Crippen molar-refractivity contribution in [2.24, 2.45) is 0 Å². The largest absolute Gasteiger partial charge is 0.338 e. The molecule has 0 aliphatic heterocycles. The van der Waals surface area contributed by atoms with Gasteiger partial charge in [0, 0.05) is 16.5 Å². The molecule has 1 aromatic heterocycles. The van der Waals surface area contributed by atoms with Crippen LogP contribution in [0.1, 0.15) is 26.6 Å². The van der Waals surface area contributed by atoms with E-state index in [9.17, 15) is 4.39 Å². The molecule has 0 aliphatic carbocycles. The van der Waals surface area contributed by atoms with Crippen LogP contribution in [0, 0.1) is 5.82 Å². The lowest BCUT2D eigenvalue weighted by Gasteiger charge is -2.18. The van der Waals surface area contributed by atoms with E-state index in [0.29, 0.717) is 21.8 Å². The summed E-state index contributed by atoms with van der Waals surface area (Å²) in [7, 11) is 0. The number of benzene rings is 1. The second-order valence-electron chi connectivity index (χ2n) is 5.40. The van der Waals surface area contributed by atoms with Crippen LogP contribution in [0.15, 0.2) is 24.3 Å². The summed E-state index contributed by atoms with van der Waals surface area (Å²) < 4.78 is 13.7. The zero-order valence-electron chi connectivity index (χ0n) is 11.3. The molecular formula is C14H14Cl2FN3. The molecule has 1 N–H and O–H groups in total. The van der Waals surface area contributed by atoms with Gasteiger partial charge < -0.3 is 5.32 Å². The van der Waals surface area contributed by atoms with Crippen molar-refractivity contribution < 1.29 is 4.39 Å². The Morgan fingerprint density at radius 3 is 2.40 bits per heavy atom. The number of nitrogens with one attached hydrogen (secondary N) is 1. The number of hydrogen-bond donors (Lipinski definition) is 1. The summed E-state index contributed by atoms with van der Waals surface area (Å²) >= 11 is 11.7. The fourth-order valence-electron chi connectivity index (χ4n) is 1.55. The second-order valence-corrected chi connectivity index (χ2v) is 6.22. The number of halogens is 3. The first kappa shape index (κ1) is 15.0. The van der Waals surface area contributed by atoms with Gasteiger partial charge in [-0.15, -0.1) is 0 Å². The summed E-state index contributed by atoms with van der Waals surface area (Å²) in [4.78, 5) is 8.54. The highest BCUT2D eigenvalue weighted by Gasteiger charge is 2.19. The molecule has 1 heterocycles. The first-order valence-electron chi connectivity index (χ1n) is 6.03. The summed E-state index contributed by atoms with van der Waals surface area (Å²) in [6.07, 6.45) is 0. The van der Waals surface area contributed by atoms with Crippen molar-refractivity contribution in [1.82, 2.24) is 9.97 Å². The highest BCUT2D eigenvalue weighted by molar-refractivity contribution is 6.30. The number of aromatic nitrogens is 2. The molecule has 6 heteroatoms. The lowest BCUT2D eigenvalue weighted by atomic mass is 9.96. The van der Waals surface area contributed by atoms with E-state index in [1.54, 1.807) is 18.2 Å². The van der Waals surface area contributed by atoms with Crippen molar-refractivity contribution in [2.75, 3.05) is 5.32 Å². The highest BCUT2D eigenvalue weighted by atomic mass is 35.5. The number of hydrogen-bond acceptors (Lipinski definition) is 3. The van der Waals surface area contributed by atoms with Crippen LogP contribution >= 0.6 is 23.2 Å². The van der Waals surface area contributed by atoms with Crippen LogP contribution in [0.3, 0.4) is 0 Å². The summed E-state index contributed by atoms with van der Waals surface area (Å²) in [5.41, 5.74) is 0.0314. The van der Waals surface area contributed by atoms with Gasteiger partial charge in [0.15, 0.2) is 0 Å². The van der Waals surface area contributed by atoms with Gasteiger partial charge in [-0.05, 0) is 18.2 Å². The van der Waals surface area contributed by atoms with Gasteiger partial charge in [-0.3, -0.25) is 0 Å². The van der Waals surface area contributed by atoms with E-state index in [0.717, 1.165) is 0 Å². The smallest absolute Gasteiger partial charge is 0.148 e. The van der Waals surface area contributed by atoms with Gasteiger partial charge in [-0.2, -0.15) is 0 Å². The Kier molecular flexibility index (Phi) is 4.16. The molecule has 106 valence electrons. The molecule has 0 fully saturated rings. The molecule has 0 aliphatic rings. The van der Waals surface area contributed by atoms with E-state index in [1.807, 2.05) is 20.8 Å². The lowest BCUT2D eigenvalue weighted by Crippen LogP contribution is -2.16. The summed E-state index contributed by atoms with van der Waals surface area (Å²) in [5, 5.41) is 3.53. The number of rotatable bonds is 2. The van der Waals surface area contributed by atoms with Crippen LogP contribution in [-0.2, 0) is 5.41 Å². The first-order valence-corrected chi connectivity index (χ1v) is 6.78. The predicted molar refractivity (Wildman–Crippen MR) is 80.4 cm³/mol. The molecule has 2 aromatic rings. The molecule has 20 heavy (non-hydrogen) atoms. The minimum absolute atomic E-state index is 0.250. The maximum Gasteiger partial charge on any atom is 0.148 e. The van der Waals surface area contributed by atoms with Crippen molar-refractivity contribution in [1.29, 1.82) is 0 Å². The van der Waals surface area contributed by atoms with E-state index in [-0.39, 0.29) is 11.1 Å². The summed E-state index contributed by atoms with van der Waals surface area (Å²) in [5.74, 6) is 0.572. The fourth-order valence-corrected chi connectivity index (χ4v) is 1.89. The molecule has 2 rings (SSSR count). The average Bonchev–Trinajstić information content (AvgIpc) is 2.31. The Bertz CT molecular complexity index is 639. The van der Waals surface area contributed by atoms with Gasteiger partial charge in [0.05, 0.1) is 5.69 Å². The van der Waals surface area contributed by atoms with Gasteiger partial charge in [-0.1, -0.05) is 44.0 Å². The van der Waals surface area contributed by atoms with Crippen LogP contribution in [-0.4, -0.2) is 9.97 Å². The van der Waals surface area contributed by atoms with Gasteiger partial charge in [0.2, 0.25) is 0 Å². The second kappa shape index (κ2) is 5.54. The van der Waals surface area contributed by atoms with E-state index in [4.69, 9.17) is 23.2 Å². The Balaban J connectivity index is 2.36. The van der Waals surface area contributed by atoms with Crippen LogP contribution in [0.2, 0.25) is 10.2 Å². The third-order valence-corrected chi connectivity index (χ3v) is 2.99. The monoisotopic (exact) mass is 313 g/mol. The quantitative estimate of drug-likeness (QED) is 0.796. The first-order chi connectivity index (χ1) is 9.25. The molecule has 0 radical (unpaired) electrons. The molecule has 1 aromatic carbocycles. The average molecular weight is 314 g/mol. The van der Waals surface area contributed by atoms with Crippen molar-refractivity contribution in [3.05, 3.63) is 46.1 Å². The van der Waals surface area contributed by atoms with Gasteiger partial charge in [-0.25, -0.2) is 14.4 Å².